The summed E-state index contributed by atoms with van der Waals surface area (Å²) >= 11 is 5.00. The van der Waals surface area contributed by atoms with Crippen LogP contribution in [0, 0.1) is 0 Å². The predicted octanol–water partition coefficient (Wildman–Crippen LogP) is 1.50. The van der Waals surface area contributed by atoms with E-state index in [0.29, 0.717) is 22.4 Å². The maximum absolute atomic E-state index is 5.76. The van der Waals surface area contributed by atoms with Gasteiger partial charge in [-0.05, 0) is 24.4 Å². The molecule has 5 heteroatoms. The van der Waals surface area contributed by atoms with Gasteiger partial charge < -0.3 is 20.1 Å². The summed E-state index contributed by atoms with van der Waals surface area (Å²) in [6, 6.07) is 5.18. The number of ether oxygens (including phenoxy) is 2. The van der Waals surface area contributed by atoms with E-state index in [4.69, 9.17) is 27.4 Å². The van der Waals surface area contributed by atoms with E-state index in [9.17, 15) is 0 Å². The third-order valence-corrected chi connectivity index (χ3v) is 2.23. The second-order valence-corrected chi connectivity index (χ2v) is 3.52. The summed E-state index contributed by atoms with van der Waals surface area (Å²) in [5.41, 5.74) is 6.26. The van der Waals surface area contributed by atoms with Crippen LogP contribution in [-0.2, 0) is 0 Å². The van der Waals surface area contributed by atoms with Gasteiger partial charge in [0.05, 0.1) is 12.8 Å². The maximum Gasteiger partial charge on any atom is 0.264 e. The molecule has 0 spiro atoms. The van der Waals surface area contributed by atoms with E-state index >= 15 is 0 Å². The molecule has 0 fully saturated rings. The second-order valence-electron chi connectivity index (χ2n) is 3.17. The Morgan fingerprint density at radius 3 is 2.53 bits per heavy atom. The molecule has 1 rings (SSSR count). The largest absolute Gasteiger partial charge is 0.497 e. The SMILES string of the molecule is COc1ccc(OC(=S)N(C)C)c(N)c1. The van der Waals surface area contributed by atoms with E-state index in [0.717, 1.165) is 0 Å². The van der Waals surface area contributed by atoms with Crippen LogP contribution < -0.4 is 15.2 Å². The van der Waals surface area contributed by atoms with Crippen LogP contribution in [-0.4, -0.2) is 31.3 Å². The molecule has 15 heavy (non-hydrogen) atoms. The Kier molecular flexibility index (Phi) is 3.74. The average Bonchev–Trinajstić information content (AvgIpc) is 2.20. The average molecular weight is 226 g/mol. The molecule has 0 saturated heterocycles. The molecule has 0 heterocycles. The number of benzene rings is 1. The number of hydrogen-bond acceptors (Lipinski definition) is 4. The summed E-state index contributed by atoms with van der Waals surface area (Å²) in [6.07, 6.45) is 0. The number of hydrogen-bond donors (Lipinski definition) is 1. The fourth-order valence-electron chi connectivity index (χ4n) is 0.932. The number of methoxy groups -OCH3 is 1. The lowest BCUT2D eigenvalue weighted by molar-refractivity contribution is 0.413. The van der Waals surface area contributed by atoms with Crippen molar-refractivity contribution in [1.29, 1.82) is 0 Å². The predicted molar refractivity (Wildman–Crippen MR) is 64.3 cm³/mol. The van der Waals surface area contributed by atoms with Crippen LogP contribution in [0.5, 0.6) is 11.5 Å². The van der Waals surface area contributed by atoms with Crippen LogP contribution in [0.25, 0.3) is 0 Å². The van der Waals surface area contributed by atoms with Crippen LogP contribution >= 0.6 is 12.2 Å². The number of anilines is 1. The van der Waals surface area contributed by atoms with Gasteiger partial charge in [-0.1, -0.05) is 0 Å². The Bertz CT molecular complexity index is 366. The third kappa shape index (κ3) is 2.99. The van der Waals surface area contributed by atoms with E-state index in [2.05, 4.69) is 0 Å². The van der Waals surface area contributed by atoms with Gasteiger partial charge in [-0.3, -0.25) is 0 Å². The molecule has 82 valence electrons. The molecule has 0 aliphatic rings. The van der Waals surface area contributed by atoms with Crippen molar-refractivity contribution in [3.05, 3.63) is 18.2 Å². The standard InChI is InChI=1S/C10H14N2O2S/c1-12(2)10(15)14-9-5-4-7(13-3)6-8(9)11/h4-6H,11H2,1-3H3. The first-order valence-corrected chi connectivity index (χ1v) is 4.78. The maximum atomic E-state index is 5.76. The summed E-state index contributed by atoms with van der Waals surface area (Å²) in [7, 11) is 5.20. The van der Waals surface area contributed by atoms with Crippen LogP contribution in [0.1, 0.15) is 0 Å². The Morgan fingerprint density at radius 2 is 2.07 bits per heavy atom. The number of nitrogens with two attached hydrogens (primary N) is 1. The van der Waals surface area contributed by atoms with Crippen molar-refractivity contribution in [3.8, 4) is 11.5 Å². The molecule has 2 N–H and O–H groups in total. The molecule has 4 nitrogen and oxygen atoms in total. The summed E-state index contributed by atoms with van der Waals surface area (Å²) in [5, 5.41) is 0.367. The van der Waals surface area contributed by atoms with Gasteiger partial charge in [0.2, 0.25) is 0 Å². The van der Waals surface area contributed by atoms with E-state index in [1.807, 2.05) is 14.1 Å². The van der Waals surface area contributed by atoms with Crippen LogP contribution in [0.3, 0.4) is 0 Å². The van der Waals surface area contributed by atoms with Gasteiger partial charge in [0, 0.05) is 20.2 Å². The third-order valence-electron chi connectivity index (χ3n) is 1.78. The van der Waals surface area contributed by atoms with Gasteiger partial charge in [0.1, 0.15) is 5.75 Å². The van der Waals surface area contributed by atoms with Crippen molar-refractivity contribution in [2.24, 2.45) is 0 Å². The molecular formula is C10H14N2O2S. The van der Waals surface area contributed by atoms with Crippen LogP contribution in [0.15, 0.2) is 18.2 Å². The molecule has 0 aromatic heterocycles. The van der Waals surface area contributed by atoms with Crippen molar-refractivity contribution in [1.82, 2.24) is 4.90 Å². The summed E-state index contributed by atoms with van der Waals surface area (Å²) < 4.78 is 10.4. The highest BCUT2D eigenvalue weighted by molar-refractivity contribution is 7.80. The lowest BCUT2D eigenvalue weighted by Gasteiger charge is -2.15. The molecule has 0 radical (unpaired) electrons. The van der Waals surface area contributed by atoms with Crippen molar-refractivity contribution in [2.45, 2.75) is 0 Å². The van der Waals surface area contributed by atoms with E-state index in [1.54, 1.807) is 30.2 Å². The molecular weight excluding hydrogens is 212 g/mol. The summed E-state index contributed by atoms with van der Waals surface area (Å²) in [6.45, 7) is 0. The van der Waals surface area contributed by atoms with Gasteiger partial charge in [-0.25, -0.2) is 0 Å². The molecule has 1 aromatic carbocycles. The summed E-state index contributed by atoms with van der Waals surface area (Å²) in [5.74, 6) is 1.23. The summed E-state index contributed by atoms with van der Waals surface area (Å²) in [4.78, 5) is 1.69. The minimum atomic E-state index is 0.367. The number of nitrogens with zero attached hydrogens (tertiary/aromatic N) is 1. The van der Waals surface area contributed by atoms with Gasteiger partial charge in [0.25, 0.3) is 5.17 Å². The second kappa shape index (κ2) is 4.84. The van der Waals surface area contributed by atoms with Crippen molar-refractivity contribution in [3.63, 3.8) is 0 Å². The fraction of sp³-hybridized carbons (Fsp3) is 0.300. The zero-order valence-electron chi connectivity index (χ0n) is 8.98. The Balaban J connectivity index is 2.83. The zero-order chi connectivity index (χ0) is 11.4. The van der Waals surface area contributed by atoms with Crippen molar-refractivity contribution >= 4 is 23.1 Å². The number of thiocarbonyl (C=S) groups is 1. The monoisotopic (exact) mass is 226 g/mol. The minimum absolute atomic E-state index is 0.367. The van der Waals surface area contributed by atoms with E-state index < -0.39 is 0 Å². The minimum Gasteiger partial charge on any atom is -0.497 e. The molecule has 0 bridgehead atoms. The van der Waals surface area contributed by atoms with Crippen molar-refractivity contribution in [2.75, 3.05) is 26.9 Å². The Labute approximate surface area is 94.6 Å². The lowest BCUT2D eigenvalue weighted by Crippen LogP contribution is -2.25. The highest BCUT2D eigenvalue weighted by Gasteiger charge is 2.06. The topological polar surface area (TPSA) is 47.7 Å². The first-order chi connectivity index (χ1) is 7.04. The van der Waals surface area contributed by atoms with Crippen LogP contribution in [0.4, 0.5) is 5.69 Å². The van der Waals surface area contributed by atoms with E-state index in [1.165, 1.54) is 0 Å². The van der Waals surface area contributed by atoms with Gasteiger partial charge >= 0.3 is 0 Å². The highest BCUT2D eigenvalue weighted by Crippen LogP contribution is 2.26. The first-order valence-electron chi connectivity index (χ1n) is 4.37. The normalized spacial score (nSPS) is 9.53. The fourth-order valence-corrected chi connectivity index (χ4v) is 1.02. The molecule has 0 atom stereocenters. The van der Waals surface area contributed by atoms with E-state index in [-0.39, 0.29) is 0 Å². The number of nitrogen functional groups attached to an aromatic ring is 1. The quantitative estimate of drug-likeness (QED) is 0.611. The molecule has 0 aliphatic heterocycles. The van der Waals surface area contributed by atoms with Crippen molar-refractivity contribution < 1.29 is 9.47 Å². The van der Waals surface area contributed by atoms with Gasteiger partial charge in [-0.2, -0.15) is 0 Å². The molecule has 0 saturated carbocycles. The Morgan fingerprint density at radius 1 is 1.40 bits per heavy atom. The smallest absolute Gasteiger partial charge is 0.264 e. The van der Waals surface area contributed by atoms with Gasteiger partial charge in [0.15, 0.2) is 5.75 Å². The molecule has 0 amide bonds. The molecule has 0 aliphatic carbocycles. The lowest BCUT2D eigenvalue weighted by atomic mass is 10.3. The number of rotatable bonds is 2. The van der Waals surface area contributed by atoms with Gasteiger partial charge in [-0.15, -0.1) is 0 Å². The Hall–Kier alpha value is -1.49. The zero-order valence-corrected chi connectivity index (χ0v) is 9.80. The first kappa shape index (κ1) is 11.6. The molecule has 0 unspecified atom stereocenters. The van der Waals surface area contributed by atoms with Crippen LogP contribution in [0.2, 0.25) is 0 Å². The highest BCUT2D eigenvalue weighted by atomic mass is 32.1. The molecule has 1 aromatic rings.